The lowest BCUT2D eigenvalue weighted by Gasteiger charge is -2.25. The minimum Gasteiger partial charge on any atom is -0.491 e. The molecule has 0 aliphatic rings. The van der Waals surface area contributed by atoms with E-state index in [0.29, 0.717) is 5.41 Å². The zero-order valence-electron chi connectivity index (χ0n) is 13.0. The molecule has 0 heterocycles. The second-order valence-electron chi connectivity index (χ2n) is 7.47. The Hall–Kier alpha value is -0.980. The molecule has 1 aromatic rings. The fraction of sp³-hybridized carbons (Fsp3) is 0.647. The van der Waals surface area contributed by atoms with Crippen LogP contribution in [0.5, 0.6) is 5.75 Å². The second kappa shape index (κ2) is 5.34. The van der Waals surface area contributed by atoms with E-state index in [4.69, 9.17) is 4.74 Å². The van der Waals surface area contributed by atoms with Gasteiger partial charge < -0.3 is 4.74 Å². The summed E-state index contributed by atoms with van der Waals surface area (Å²) in [5.41, 5.74) is 1.80. The van der Waals surface area contributed by atoms with E-state index in [-0.39, 0.29) is 11.5 Å². The molecule has 0 bridgehead atoms. The molecule has 1 atom stereocenters. The number of benzene rings is 1. The summed E-state index contributed by atoms with van der Waals surface area (Å²) in [6, 6.07) is 8.47. The van der Waals surface area contributed by atoms with Crippen molar-refractivity contribution in [3.8, 4) is 5.75 Å². The van der Waals surface area contributed by atoms with Gasteiger partial charge in [-0.3, -0.25) is 0 Å². The van der Waals surface area contributed by atoms with Crippen LogP contribution in [-0.2, 0) is 5.41 Å². The van der Waals surface area contributed by atoms with Crippen molar-refractivity contribution in [1.82, 2.24) is 0 Å². The molecule has 1 aromatic carbocycles. The smallest absolute Gasteiger partial charge is 0.119 e. The Labute approximate surface area is 113 Å². The zero-order chi connectivity index (χ0) is 14.0. The predicted octanol–water partition coefficient (Wildman–Crippen LogP) is 5.19. The monoisotopic (exact) mass is 248 g/mol. The van der Waals surface area contributed by atoms with Crippen LogP contribution in [-0.4, -0.2) is 6.10 Å². The lowest BCUT2D eigenvalue weighted by molar-refractivity contribution is 0.160. The summed E-state index contributed by atoms with van der Waals surface area (Å²) in [4.78, 5) is 0. The van der Waals surface area contributed by atoms with Gasteiger partial charge >= 0.3 is 0 Å². The zero-order valence-corrected chi connectivity index (χ0v) is 13.0. The SMILES string of the molecule is CC(CC(C)(C)C)Oc1cccc(C(C)(C)C)c1. The van der Waals surface area contributed by atoms with Crippen molar-refractivity contribution >= 4 is 0 Å². The van der Waals surface area contributed by atoms with Crippen LogP contribution in [0, 0.1) is 5.41 Å². The van der Waals surface area contributed by atoms with Gasteiger partial charge in [-0.2, -0.15) is 0 Å². The summed E-state index contributed by atoms with van der Waals surface area (Å²) in [7, 11) is 0. The first-order valence-electron chi connectivity index (χ1n) is 6.85. The predicted molar refractivity (Wildman–Crippen MR) is 79.3 cm³/mol. The number of rotatable bonds is 3. The lowest BCUT2D eigenvalue weighted by atomic mass is 9.87. The molecular weight excluding hydrogens is 220 g/mol. The Bertz CT molecular complexity index is 379. The third-order valence-corrected chi connectivity index (χ3v) is 2.94. The van der Waals surface area contributed by atoms with Crippen LogP contribution in [0.3, 0.4) is 0 Å². The molecule has 0 saturated heterocycles. The molecule has 0 aliphatic carbocycles. The average molecular weight is 248 g/mol. The molecule has 1 rings (SSSR count). The summed E-state index contributed by atoms with van der Waals surface area (Å²) in [5, 5.41) is 0. The first kappa shape index (κ1) is 15.1. The molecular formula is C17H28O. The molecule has 0 saturated carbocycles. The number of hydrogen-bond acceptors (Lipinski definition) is 1. The maximum Gasteiger partial charge on any atom is 0.119 e. The van der Waals surface area contributed by atoms with Gasteiger partial charge in [-0.05, 0) is 41.9 Å². The summed E-state index contributed by atoms with van der Waals surface area (Å²) < 4.78 is 6.03. The van der Waals surface area contributed by atoms with Gasteiger partial charge in [0.25, 0.3) is 0 Å². The highest BCUT2D eigenvalue weighted by atomic mass is 16.5. The van der Waals surface area contributed by atoms with Crippen molar-refractivity contribution in [2.45, 2.75) is 66.4 Å². The molecule has 0 N–H and O–H groups in total. The van der Waals surface area contributed by atoms with Crippen molar-refractivity contribution in [3.63, 3.8) is 0 Å². The molecule has 1 nitrogen and oxygen atoms in total. The maximum absolute atomic E-state index is 6.03. The largest absolute Gasteiger partial charge is 0.491 e. The van der Waals surface area contributed by atoms with E-state index in [2.05, 4.69) is 72.7 Å². The third-order valence-electron chi connectivity index (χ3n) is 2.94. The fourth-order valence-corrected chi connectivity index (χ4v) is 2.17. The quantitative estimate of drug-likeness (QED) is 0.715. The van der Waals surface area contributed by atoms with Gasteiger partial charge in [0.05, 0.1) is 6.10 Å². The lowest BCUT2D eigenvalue weighted by Crippen LogP contribution is -2.20. The molecule has 0 amide bonds. The Balaban J connectivity index is 2.74. The van der Waals surface area contributed by atoms with Crippen LogP contribution < -0.4 is 4.74 Å². The van der Waals surface area contributed by atoms with Gasteiger partial charge in [-0.15, -0.1) is 0 Å². The highest BCUT2D eigenvalue weighted by Crippen LogP contribution is 2.28. The van der Waals surface area contributed by atoms with E-state index in [0.717, 1.165) is 12.2 Å². The fourth-order valence-electron chi connectivity index (χ4n) is 2.17. The van der Waals surface area contributed by atoms with Crippen LogP contribution in [0.4, 0.5) is 0 Å². The van der Waals surface area contributed by atoms with Gasteiger partial charge in [0.2, 0.25) is 0 Å². The maximum atomic E-state index is 6.03. The number of hydrogen-bond donors (Lipinski definition) is 0. The summed E-state index contributed by atoms with van der Waals surface area (Å²) in [5.74, 6) is 0.985. The molecule has 0 spiro atoms. The van der Waals surface area contributed by atoms with Crippen LogP contribution in [0.15, 0.2) is 24.3 Å². The Morgan fingerprint density at radius 3 is 2.17 bits per heavy atom. The average Bonchev–Trinajstić information content (AvgIpc) is 2.13. The first-order chi connectivity index (χ1) is 8.08. The van der Waals surface area contributed by atoms with Crippen molar-refractivity contribution in [2.24, 2.45) is 5.41 Å². The van der Waals surface area contributed by atoms with Crippen LogP contribution in [0.25, 0.3) is 0 Å². The van der Waals surface area contributed by atoms with Crippen molar-refractivity contribution in [1.29, 1.82) is 0 Å². The van der Waals surface area contributed by atoms with Gasteiger partial charge in [0, 0.05) is 0 Å². The van der Waals surface area contributed by atoms with Gasteiger partial charge in [-0.1, -0.05) is 53.7 Å². The summed E-state index contributed by atoms with van der Waals surface area (Å²) >= 11 is 0. The standard InChI is InChI=1S/C17H28O/c1-13(12-16(2,3)4)18-15-10-8-9-14(11-15)17(5,6)7/h8-11,13H,12H2,1-7H3. The minimum atomic E-state index is 0.173. The molecule has 0 aromatic heterocycles. The molecule has 18 heavy (non-hydrogen) atoms. The molecule has 0 radical (unpaired) electrons. The van der Waals surface area contributed by atoms with E-state index in [9.17, 15) is 0 Å². The van der Waals surface area contributed by atoms with Gasteiger partial charge in [-0.25, -0.2) is 0 Å². The Kier molecular flexibility index (Phi) is 4.47. The normalized spacial score (nSPS) is 14.4. The Morgan fingerprint density at radius 2 is 1.67 bits per heavy atom. The van der Waals surface area contributed by atoms with Crippen LogP contribution >= 0.6 is 0 Å². The molecule has 0 aliphatic heterocycles. The molecule has 1 heteroatoms. The van der Waals surface area contributed by atoms with Crippen LogP contribution in [0.1, 0.15) is 60.5 Å². The third kappa shape index (κ3) is 5.12. The highest BCUT2D eigenvalue weighted by Gasteiger charge is 2.18. The van der Waals surface area contributed by atoms with Crippen molar-refractivity contribution in [3.05, 3.63) is 29.8 Å². The molecule has 102 valence electrons. The number of ether oxygens (including phenoxy) is 1. The van der Waals surface area contributed by atoms with E-state index < -0.39 is 0 Å². The Morgan fingerprint density at radius 1 is 1.06 bits per heavy atom. The van der Waals surface area contributed by atoms with Gasteiger partial charge in [0.1, 0.15) is 5.75 Å². The van der Waals surface area contributed by atoms with Gasteiger partial charge in [0.15, 0.2) is 0 Å². The van der Waals surface area contributed by atoms with Crippen LogP contribution in [0.2, 0.25) is 0 Å². The van der Waals surface area contributed by atoms with Crippen molar-refractivity contribution in [2.75, 3.05) is 0 Å². The van der Waals surface area contributed by atoms with Crippen molar-refractivity contribution < 1.29 is 4.74 Å². The first-order valence-corrected chi connectivity index (χ1v) is 6.85. The van der Waals surface area contributed by atoms with E-state index in [1.807, 2.05) is 0 Å². The van der Waals surface area contributed by atoms with E-state index >= 15 is 0 Å². The molecule has 0 fully saturated rings. The highest BCUT2D eigenvalue weighted by molar-refractivity contribution is 5.32. The minimum absolute atomic E-state index is 0.173. The van der Waals surface area contributed by atoms with E-state index in [1.165, 1.54) is 5.56 Å². The molecule has 1 unspecified atom stereocenters. The summed E-state index contributed by atoms with van der Waals surface area (Å²) in [6.07, 6.45) is 1.31. The topological polar surface area (TPSA) is 9.23 Å². The second-order valence-corrected chi connectivity index (χ2v) is 7.47. The summed E-state index contributed by atoms with van der Waals surface area (Å²) in [6.45, 7) is 15.6. The van der Waals surface area contributed by atoms with E-state index in [1.54, 1.807) is 0 Å².